The summed E-state index contributed by atoms with van der Waals surface area (Å²) in [6.45, 7) is 1.37. The molecule has 134 valence electrons. The van der Waals surface area contributed by atoms with Crippen LogP contribution in [0.5, 0.6) is 0 Å². The van der Waals surface area contributed by atoms with E-state index in [0.29, 0.717) is 10.6 Å². The monoisotopic (exact) mass is 382 g/mol. The van der Waals surface area contributed by atoms with Crippen molar-refractivity contribution in [3.8, 4) is 0 Å². The van der Waals surface area contributed by atoms with Gasteiger partial charge in [0.05, 0.1) is 4.90 Å². The average Bonchev–Trinajstić information content (AvgIpc) is 2.99. The number of hydrogen-bond donors (Lipinski definition) is 1. The number of esters is 1. The molecule has 0 unspecified atom stereocenters. The largest absolute Gasteiger partial charge is 0.451 e. The highest BCUT2D eigenvalue weighted by Gasteiger charge is 2.17. The Bertz CT molecular complexity index is 870. The first-order valence-corrected chi connectivity index (χ1v) is 9.57. The van der Waals surface area contributed by atoms with Gasteiger partial charge in [0.1, 0.15) is 4.88 Å². The van der Waals surface area contributed by atoms with E-state index in [1.807, 2.05) is 0 Å². The molecule has 1 heterocycles. The summed E-state index contributed by atoms with van der Waals surface area (Å²) in [7, 11) is -0.642. The molecule has 0 aliphatic carbocycles. The fraction of sp³-hybridized carbons (Fsp3) is 0.250. The van der Waals surface area contributed by atoms with E-state index >= 15 is 0 Å². The normalized spacial score (nSPS) is 11.4. The van der Waals surface area contributed by atoms with Gasteiger partial charge in [0.2, 0.25) is 10.0 Å². The molecule has 2 rings (SSSR count). The van der Waals surface area contributed by atoms with E-state index in [1.165, 1.54) is 49.7 Å². The van der Waals surface area contributed by atoms with Gasteiger partial charge in [-0.05, 0) is 48.2 Å². The Kier molecular flexibility index (Phi) is 5.93. The molecular weight excluding hydrogens is 364 g/mol. The maximum Gasteiger partial charge on any atom is 0.349 e. The quantitative estimate of drug-likeness (QED) is 0.773. The van der Waals surface area contributed by atoms with Crippen LogP contribution in [0.25, 0.3) is 0 Å². The minimum Gasteiger partial charge on any atom is -0.451 e. The predicted molar refractivity (Wildman–Crippen MR) is 95.3 cm³/mol. The molecule has 2 aromatic rings. The van der Waals surface area contributed by atoms with Gasteiger partial charge in [0.25, 0.3) is 5.91 Å². The molecule has 0 saturated carbocycles. The van der Waals surface area contributed by atoms with Crippen molar-refractivity contribution in [2.75, 3.05) is 26.0 Å². The number of ether oxygens (including phenoxy) is 1. The number of carbonyl (C=O) groups excluding carboxylic acids is 2. The molecular formula is C16H18N2O5S2. The van der Waals surface area contributed by atoms with Crippen LogP contribution in [0.2, 0.25) is 0 Å². The average molecular weight is 382 g/mol. The molecule has 1 amide bonds. The Labute approximate surface area is 150 Å². The van der Waals surface area contributed by atoms with Crippen molar-refractivity contribution in [3.63, 3.8) is 0 Å². The number of rotatable bonds is 6. The van der Waals surface area contributed by atoms with E-state index in [1.54, 1.807) is 18.4 Å². The highest BCUT2D eigenvalue weighted by molar-refractivity contribution is 7.89. The third-order valence-electron chi connectivity index (χ3n) is 3.30. The van der Waals surface area contributed by atoms with Gasteiger partial charge in [0, 0.05) is 19.8 Å². The smallest absolute Gasteiger partial charge is 0.349 e. The van der Waals surface area contributed by atoms with Gasteiger partial charge < -0.3 is 10.1 Å². The second-order valence-electron chi connectivity index (χ2n) is 5.37. The van der Waals surface area contributed by atoms with Crippen LogP contribution in [-0.2, 0) is 19.6 Å². The van der Waals surface area contributed by atoms with Gasteiger partial charge in [-0.15, -0.1) is 11.3 Å². The van der Waals surface area contributed by atoms with Crippen LogP contribution in [0.3, 0.4) is 0 Å². The van der Waals surface area contributed by atoms with Crippen LogP contribution < -0.4 is 5.32 Å². The van der Waals surface area contributed by atoms with Crippen LogP contribution >= 0.6 is 11.3 Å². The van der Waals surface area contributed by atoms with Crippen molar-refractivity contribution < 1.29 is 22.7 Å². The first-order valence-electron chi connectivity index (χ1n) is 7.25. The zero-order valence-electron chi connectivity index (χ0n) is 14.0. The Balaban J connectivity index is 1.93. The molecule has 7 nitrogen and oxygen atoms in total. The van der Waals surface area contributed by atoms with Crippen LogP contribution in [0.1, 0.15) is 15.2 Å². The van der Waals surface area contributed by atoms with E-state index in [-0.39, 0.29) is 4.90 Å². The summed E-state index contributed by atoms with van der Waals surface area (Å²) in [5.74, 6) is -1.05. The van der Waals surface area contributed by atoms with E-state index in [2.05, 4.69) is 5.32 Å². The number of nitrogens with zero attached hydrogens (tertiary/aromatic N) is 1. The zero-order valence-corrected chi connectivity index (χ0v) is 15.6. The number of benzene rings is 1. The number of thiophene rings is 1. The summed E-state index contributed by atoms with van der Waals surface area (Å²) in [6.07, 6.45) is 0. The lowest BCUT2D eigenvalue weighted by atomic mass is 10.3. The molecule has 9 heteroatoms. The lowest BCUT2D eigenvalue weighted by Gasteiger charge is -2.12. The molecule has 25 heavy (non-hydrogen) atoms. The number of aryl methyl sites for hydroxylation is 1. The van der Waals surface area contributed by atoms with Crippen LogP contribution in [0.15, 0.2) is 40.6 Å². The fourth-order valence-corrected chi connectivity index (χ4v) is 3.62. The van der Waals surface area contributed by atoms with E-state index < -0.39 is 28.5 Å². The Morgan fingerprint density at radius 2 is 1.80 bits per heavy atom. The zero-order chi connectivity index (χ0) is 18.6. The van der Waals surface area contributed by atoms with Gasteiger partial charge in [-0.2, -0.15) is 0 Å². The summed E-state index contributed by atoms with van der Waals surface area (Å²) in [4.78, 5) is 24.3. The molecule has 1 aromatic carbocycles. The standard InChI is InChI=1S/C16H18N2O5S2/c1-11-8-9-24-15(11)16(20)23-10-14(19)17-12-4-6-13(7-5-12)25(21,22)18(2)3/h4-9H,10H2,1-3H3,(H,17,19). The third kappa shape index (κ3) is 4.65. The summed E-state index contributed by atoms with van der Waals surface area (Å²) < 4.78 is 30.0. The van der Waals surface area contributed by atoms with Crippen molar-refractivity contribution in [1.29, 1.82) is 0 Å². The summed E-state index contributed by atoms with van der Waals surface area (Å²) in [5, 5.41) is 4.32. The number of nitrogens with one attached hydrogen (secondary N) is 1. The molecule has 1 N–H and O–H groups in total. The second kappa shape index (κ2) is 7.77. The summed E-state index contributed by atoms with van der Waals surface area (Å²) in [6, 6.07) is 7.53. The highest BCUT2D eigenvalue weighted by Crippen LogP contribution is 2.18. The molecule has 0 bridgehead atoms. The van der Waals surface area contributed by atoms with Gasteiger partial charge in [-0.3, -0.25) is 4.79 Å². The fourth-order valence-electron chi connectivity index (χ4n) is 1.90. The highest BCUT2D eigenvalue weighted by atomic mass is 32.2. The molecule has 0 aliphatic heterocycles. The van der Waals surface area contributed by atoms with Crippen molar-refractivity contribution in [3.05, 3.63) is 46.2 Å². The summed E-state index contributed by atoms with van der Waals surface area (Å²) >= 11 is 1.25. The Morgan fingerprint density at radius 3 is 2.32 bits per heavy atom. The molecule has 0 aliphatic rings. The van der Waals surface area contributed by atoms with E-state index in [0.717, 1.165) is 9.87 Å². The number of sulfonamides is 1. The van der Waals surface area contributed by atoms with Gasteiger partial charge in [-0.25, -0.2) is 17.5 Å². The predicted octanol–water partition coefficient (Wildman–Crippen LogP) is 2.10. The lowest BCUT2D eigenvalue weighted by molar-refractivity contribution is -0.119. The van der Waals surface area contributed by atoms with Gasteiger partial charge in [-0.1, -0.05) is 0 Å². The van der Waals surface area contributed by atoms with Crippen molar-refractivity contribution in [2.45, 2.75) is 11.8 Å². The second-order valence-corrected chi connectivity index (χ2v) is 8.44. The first kappa shape index (κ1) is 19.1. The number of amides is 1. The number of carbonyl (C=O) groups is 2. The third-order valence-corrected chi connectivity index (χ3v) is 6.12. The molecule has 0 radical (unpaired) electrons. The number of anilines is 1. The van der Waals surface area contributed by atoms with Gasteiger partial charge >= 0.3 is 5.97 Å². The molecule has 0 fully saturated rings. The minimum absolute atomic E-state index is 0.120. The van der Waals surface area contributed by atoms with E-state index in [9.17, 15) is 18.0 Å². The van der Waals surface area contributed by atoms with E-state index in [4.69, 9.17) is 4.74 Å². The van der Waals surface area contributed by atoms with Crippen molar-refractivity contribution in [2.24, 2.45) is 0 Å². The molecule has 0 atom stereocenters. The van der Waals surface area contributed by atoms with Crippen LogP contribution in [-0.4, -0.2) is 45.3 Å². The minimum atomic E-state index is -3.52. The maximum absolute atomic E-state index is 12.0. The maximum atomic E-state index is 12.0. The summed E-state index contributed by atoms with van der Waals surface area (Å²) in [5.41, 5.74) is 1.21. The number of hydrogen-bond acceptors (Lipinski definition) is 6. The van der Waals surface area contributed by atoms with Crippen LogP contribution in [0.4, 0.5) is 5.69 Å². The van der Waals surface area contributed by atoms with Crippen molar-refractivity contribution in [1.82, 2.24) is 4.31 Å². The molecule has 0 saturated heterocycles. The molecule has 0 spiro atoms. The SMILES string of the molecule is Cc1ccsc1C(=O)OCC(=O)Nc1ccc(S(=O)(=O)N(C)C)cc1. The van der Waals surface area contributed by atoms with Crippen molar-refractivity contribution >= 4 is 38.9 Å². The molecule has 1 aromatic heterocycles. The Morgan fingerprint density at radius 1 is 1.16 bits per heavy atom. The lowest BCUT2D eigenvalue weighted by Crippen LogP contribution is -2.22. The van der Waals surface area contributed by atoms with Crippen LogP contribution in [0, 0.1) is 6.92 Å². The Hall–Kier alpha value is -2.23. The van der Waals surface area contributed by atoms with Gasteiger partial charge in [0.15, 0.2) is 6.61 Å². The topological polar surface area (TPSA) is 92.8 Å². The first-order chi connectivity index (χ1) is 11.7.